The third-order valence-electron chi connectivity index (χ3n) is 5.21. The lowest BCUT2D eigenvalue weighted by Gasteiger charge is -2.24. The number of benzene rings is 1. The van der Waals surface area contributed by atoms with E-state index < -0.39 is 17.5 Å². The Morgan fingerprint density at radius 1 is 1.28 bits per heavy atom. The second-order valence-corrected chi connectivity index (χ2v) is 9.47. The van der Waals surface area contributed by atoms with Crippen LogP contribution < -0.4 is 21.9 Å². The summed E-state index contributed by atoms with van der Waals surface area (Å²) in [6.07, 6.45) is 6.52. The van der Waals surface area contributed by atoms with Crippen LogP contribution in [0.2, 0.25) is 0 Å². The Kier molecular flexibility index (Phi) is 10.5. The highest BCUT2D eigenvalue weighted by molar-refractivity contribution is 6.03. The number of H-pyrrole nitrogens is 1. The van der Waals surface area contributed by atoms with Gasteiger partial charge in [0.25, 0.3) is 5.56 Å². The van der Waals surface area contributed by atoms with E-state index in [2.05, 4.69) is 20.6 Å². The van der Waals surface area contributed by atoms with Crippen molar-refractivity contribution in [2.24, 2.45) is 10.7 Å². The van der Waals surface area contributed by atoms with Gasteiger partial charge in [-0.3, -0.25) is 4.79 Å². The molecule has 10 heteroatoms. The Bertz CT molecular complexity index is 1160. The second-order valence-electron chi connectivity index (χ2n) is 9.47. The van der Waals surface area contributed by atoms with Gasteiger partial charge in [-0.1, -0.05) is 19.3 Å². The third-order valence-corrected chi connectivity index (χ3v) is 5.21. The van der Waals surface area contributed by atoms with Crippen LogP contribution in [0, 0.1) is 17.1 Å². The number of hydrogen-bond donors (Lipinski definition) is 4. The molecular formula is C26H35FN6O3. The van der Waals surface area contributed by atoms with Crippen LogP contribution in [-0.4, -0.2) is 28.6 Å². The fourth-order valence-electron chi connectivity index (χ4n) is 3.80. The minimum Gasteiger partial charge on any atom is -0.444 e. The quantitative estimate of drug-likeness (QED) is 0.331. The number of amides is 1. The molecule has 1 saturated carbocycles. The van der Waals surface area contributed by atoms with Crippen LogP contribution in [0.15, 0.2) is 40.2 Å². The summed E-state index contributed by atoms with van der Waals surface area (Å²) in [6.45, 7) is 6.75. The van der Waals surface area contributed by atoms with Crippen molar-refractivity contribution in [1.82, 2.24) is 10.3 Å². The molecule has 2 aromatic rings. The van der Waals surface area contributed by atoms with E-state index in [-0.39, 0.29) is 35.2 Å². The number of aromatic amines is 1. The van der Waals surface area contributed by atoms with Gasteiger partial charge in [-0.25, -0.2) is 14.2 Å². The summed E-state index contributed by atoms with van der Waals surface area (Å²) in [4.78, 5) is 31.4. The number of aliphatic imine (C=N–C) groups is 1. The number of pyridine rings is 1. The van der Waals surface area contributed by atoms with Gasteiger partial charge < -0.3 is 26.1 Å². The Hall–Kier alpha value is -3.87. The molecule has 9 nitrogen and oxygen atoms in total. The predicted molar refractivity (Wildman–Crippen MR) is 139 cm³/mol. The normalized spacial score (nSPS) is 14.2. The van der Waals surface area contributed by atoms with Gasteiger partial charge in [-0.05, 0) is 63.4 Å². The monoisotopic (exact) mass is 498 g/mol. The Morgan fingerprint density at radius 3 is 2.58 bits per heavy atom. The van der Waals surface area contributed by atoms with Crippen LogP contribution >= 0.6 is 0 Å². The molecule has 1 aromatic heterocycles. The van der Waals surface area contributed by atoms with E-state index in [9.17, 15) is 14.0 Å². The molecule has 1 amide bonds. The van der Waals surface area contributed by atoms with Crippen molar-refractivity contribution in [2.45, 2.75) is 78.0 Å². The highest BCUT2D eigenvalue weighted by Crippen LogP contribution is 2.23. The van der Waals surface area contributed by atoms with Crippen LogP contribution in [0.1, 0.15) is 70.9 Å². The number of anilines is 1. The van der Waals surface area contributed by atoms with Crippen molar-refractivity contribution in [2.75, 3.05) is 5.32 Å². The molecule has 0 atom stereocenters. The van der Waals surface area contributed by atoms with Gasteiger partial charge in [0, 0.05) is 25.7 Å². The molecule has 0 radical (unpaired) electrons. The molecule has 36 heavy (non-hydrogen) atoms. The second kappa shape index (κ2) is 13.3. The van der Waals surface area contributed by atoms with E-state index in [4.69, 9.17) is 15.7 Å². The highest BCUT2D eigenvalue weighted by Gasteiger charge is 2.18. The fraction of sp³-hybridized carbons (Fsp3) is 0.462. The number of aromatic nitrogens is 1. The van der Waals surface area contributed by atoms with Gasteiger partial charge in [0.15, 0.2) is 0 Å². The number of alkyl carbamates (subject to hydrolysis) is 1. The number of nitrogens with zero attached hydrogens (tertiary/aromatic N) is 2. The molecule has 5 N–H and O–H groups in total. The first-order chi connectivity index (χ1) is 17.0. The van der Waals surface area contributed by atoms with Gasteiger partial charge in [0.1, 0.15) is 22.8 Å². The Morgan fingerprint density at radius 2 is 1.94 bits per heavy atom. The van der Waals surface area contributed by atoms with Gasteiger partial charge in [-0.2, -0.15) is 5.26 Å². The number of carbonyl (C=O) groups excluding carboxylic acids is 1. The van der Waals surface area contributed by atoms with Crippen LogP contribution in [0.5, 0.6) is 0 Å². The van der Waals surface area contributed by atoms with Crippen molar-refractivity contribution in [3.8, 4) is 6.07 Å². The molecule has 1 aliphatic rings. The van der Waals surface area contributed by atoms with Crippen molar-refractivity contribution in [1.29, 1.82) is 5.26 Å². The number of ether oxygens (including phenoxy) is 1. The van der Waals surface area contributed by atoms with Crippen LogP contribution in [0.25, 0.3) is 0 Å². The molecule has 1 aromatic carbocycles. The number of amidine groups is 1. The fourth-order valence-corrected chi connectivity index (χ4v) is 3.80. The molecule has 0 saturated heterocycles. The van der Waals surface area contributed by atoms with Gasteiger partial charge in [0.2, 0.25) is 0 Å². The maximum atomic E-state index is 14.2. The summed E-state index contributed by atoms with van der Waals surface area (Å²) in [7, 11) is 0. The Balaban J connectivity index is 0.00000145. The molecule has 1 heterocycles. The summed E-state index contributed by atoms with van der Waals surface area (Å²) in [6, 6.07) is 7.88. The predicted octanol–water partition coefficient (Wildman–Crippen LogP) is 4.85. The minimum atomic E-state index is -0.637. The van der Waals surface area contributed by atoms with Crippen molar-refractivity contribution >= 4 is 23.3 Å². The largest absolute Gasteiger partial charge is 0.444 e. The number of nitrogens with two attached hydrogens (primary N) is 1. The average Bonchev–Trinajstić information content (AvgIpc) is 2.77. The molecule has 1 fully saturated rings. The molecular weight excluding hydrogens is 463 g/mol. The lowest BCUT2D eigenvalue weighted by atomic mass is 9.95. The number of carbonyl (C=O) groups is 1. The minimum absolute atomic E-state index is 0.0215. The molecule has 1 aliphatic carbocycles. The molecule has 0 aliphatic heterocycles. The van der Waals surface area contributed by atoms with Gasteiger partial charge in [-0.15, -0.1) is 0 Å². The lowest BCUT2D eigenvalue weighted by molar-refractivity contribution is 0.0523. The number of rotatable bonds is 6. The van der Waals surface area contributed by atoms with Gasteiger partial charge >= 0.3 is 6.09 Å². The van der Waals surface area contributed by atoms with E-state index in [0.717, 1.165) is 25.7 Å². The van der Waals surface area contributed by atoms with E-state index in [1.165, 1.54) is 25.5 Å². The summed E-state index contributed by atoms with van der Waals surface area (Å²) in [5.74, 6) is -0.556. The number of halogens is 1. The van der Waals surface area contributed by atoms with E-state index in [0.29, 0.717) is 11.3 Å². The first-order valence-electron chi connectivity index (χ1n) is 11.9. The zero-order valence-corrected chi connectivity index (χ0v) is 21.3. The van der Waals surface area contributed by atoms with Crippen LogP contribution in [0.4, 0.5) is 20.6 Å². The zero-order valence-electron chi connectivity index (χ0n) is 21.3. The van der Waals surface area contributed by atoms with E-state index in [1.54, 1.807) is 45.2 Å². The standard InChI is InChI=1S/C24H32FN5O3.C2H3N/c1-24(2,3)33-23(32)28-14-15-11-16(25)13-18(12-15)30-21(26)20-19(9-10-27-22(20)31)29-17-7-5-4-6-8-17;1-2-3/h9-13,17H,4-8,14H2,1-3H3,(H2,26,30)(H,28,32)(H2,27,29,31);1H3. The first kappa shape index (κ1) is 28.4. The zero-order chi connectivity index (χ0) is 26.7. The summed E-state index contributed by atoms with van der Waals surface area (Å²) in [5, 5.41) is 13.3. The molecule has 3 rings (SSSR count). The van der Waals surface area contributed by atoms with E-state index >= 15 is 0 Å². The van der Waals surface area contributed by atoms with Crippen molar-refractivity contribution in [3.05, 3.63) is 57.8 Å². The molecule has 0 bridgehead atoms. The van der Waals surface area contributed by atoms with Crippen molar-refractivity contribution < 1.29 is 13.9 Å². The average molecular weight is 499 g/mol. The maximum Gasteiger partial charge on any atom is 0.407 e. The van der Waals surface area contributed by atoms with E-state index in [1.807, 2.05) is 0 Å². The lowest BCUT2D eigenvalue weighted by Crippen LogP contribution is -2.32. The summed E-state index contributed by atoms with van der Waals surface area (Å²) >= 11 is 0. The Labute approximate surface area is 211 Å². The first-order valence-corrected chi connectivity index (χ1v) is 11.9. The van der Waals surface area contributed by atoms with Crippen LogP contribution in [0.3, 0.4) is 0 Å². The van der Waals surface area contributed by atoms with Crippen LogP contribution in [-0.2, 0) is 11.3 Å². The summed E-state index contributed by atoms with van der Waals surface area (Å²) in [5.41, 5.74) is 6.74. The number of nitriles is 1. The number of nitrogens with one attached hydrogen (secondary N) is 3. The maximum absolute atomic E-state index is 14.2. The summed E-state index contributed by atoms with van der Waals surface area (Å²) < 4.78 is 19.4. The molecule has 0 spiro atoms. The van der Waals surface area contributed by atoms with Crippen molar-refractivity contribution in [3.63, 3.8) is 0 Å². The number of hydrogen-bond acceptors (Lipinski definition) is 6. The topological polar surface area (TPSA) is 145 Å². The SMILES string of the molecule is CC#N.CC(C)(C)OC(=O)NCc1cc(F)cc(N=C(N)c2c(NC3CCCCC3)cc[nH]c2=O)c1. The molecule has 194 valence electrons. The van der Waals surface area contributed by atoms with Gasteiger partial charge in [0.05, 0.1) is 17.4 Å². The smallest absolute Gasteiger partial charge is 0.407 e. The highest BCUT2D eigenvalue weighted by atomic mass is 19.1. The molecule has 0 unspecified atom stereocenters. The third kappa shape index (κ3) is 9.41.